The number of nitrogens with one attached hydrogen (secondary N) is 1. The third-order valence-corrected chi connectivity index (χ3v) is 9.66. The van der Waals surface area contributed by atoms with Crippen LogP contribution in [0, 0.1) is 19.8 Å². The van der Waals surface area contributed by atoms with Gasteiger partial charge in [-0.05, 0) is 69.7 Å². The number of rotatable bonds is 9. The number of unbranched alkanes of at least 4 members (excludes halogenated alkanes) is 1. The van der Waals surface area contributed by atoms with Crippen LogP contribution >= 0.6 is 12.4 Å². The van der Waals surface area contributed by atoms with Gasteiger partial charge in [0.05, 0.1) is 18.5 Å². The first-order valence-electron chi connectivity index (χ1n) is 15.4. The molecule has 1 spiro atoms. The van der Waals surface area contributed by atoms with Gasteiger partial charge in [-0.2, -0.15) is 5.10 Å². The molecular weight excluding hydrogens is 538 g/mol. The number of carbonyl (C=O) groups is 2. The average molecular weight is 586 g/mol. The van der Waals surface area contributed by atoms with Gasteiger partial charge in [-0.1, -0.05) is 45.4 Å². The zero-order valence-electron chi connectivity index (χ0n) is 25.3. The van der Waals surface area contributed by atoms with Crippen molar-refractivity contribution in [3.05, 3.63) is 41.2 Å². The van der Waals surface area contributed by atoms with E-state index >= 15 is 0 Å². The molecule has 226 valence electrons. The smallest absolute Gasteiger partial charge is 0.246 e. The van der Waals surface area contributed by atoms with Crippen LogP contribution in [-0.4, -0.2) is 69.7 Å². The molecule has 3 heterocycles. The number of aromatic nitrogens is 2. The molecule has 3 fully saturated rings. The number of ether oxygens (including phenoxy) is 1. The SMILES string of the molecule is CCCCN1C(=O)[C@H](CC2CCCCC2)NC(=O)C12CCN(Cc1c(C)nn(-c3ccc(OC)cc3)c1C)CC2.Cl. The fourth-order valence-corrected chi connectivity index (χ4v) is 7.11. The fourth-order valence-electron chi connectivity index (χ4n) is 7.11. The topological polar surface area (TPSA) is 79.7 Å². The molecule has 1 N–H and O–H groups in total. The van der Waals surface area contributed by atoms with Gasteiger partial charge in [0.1, 0.15) is 17.3 Å². The summed E-state index contributed by atoms with van der Waals surface area (Å²) in [6, 6.07) is 7.60. The van der Waals surface area contributed by atoms with Crippen molar-refractivity contribution >= 4 is 24.2 Å². The number of piperidine rings is 1. The van der Waals surface area contributed by atoms with Gasteiger partial charge in [0.2, 0.25) is 11.8 Å². The molecule has 1 aliphatic carbocycles. The molecule has 0 bridgehead atoms. The lowest BCUT2D eigenvalue weighted by Crippen LogP contribution is -2.73. The highest BCUT2D eigenvalue weighted by molar-refractivity contribution is 6.00. The normalized spacial score (nSPS) is 21.6. The molecule has 1 aromatic heterocycles. The average Bonchev–Trinajstić information content (AvgIpc) is 3.26. The van der Waals surface area contributed by atoms with Crippen molar-refractivity contribution in [3.63, 3.8) is 0 Å². The van der Waals surface area contributed by atoms with Crippen molar-refractivity contribution in [3.8, 4) is 11.4 Å². The minimum absolute atomic E-state index is 0. The van der Waals surface area contributed by atoms with Crippen molar-refractivity contribution in [2.45, 2.75) is 103 Å². The Bertz CT molecular complexity index is 1180. The molecule has 0 radical (unpaired) electrons. The van der Waals surface area contributed by atoms with Crippen molar-refractivity contribution in [1.29, 1.82) is 0 Å². The number of benzene rings is 1. The molecule has 1 saturated carbocycles. The first-order valence-corrected chi connectivity index (χ1v) is 15.4. The molecule has 9 heteroatoms. The molecule has 0 unspecified atom stereocenters. The van der Waals surface area contributed by atoms with Crippen LogP contribution in [0.3, 0.4) is 0 Å². The van der Waals surface area contributed by atoms with E-state index in [1.807, 2.05) is 33.8 Å². The molecule has 8 nitrogen and oxygen atoms in total. The van der Waals surface area contributed by atoms with Gasteiger partial charge in [0, 0.05) is 37.4 Å². The second-order valence-electron chi connectivity index (χ2n) is 12.2. The first kappa shape index (κ1) is 31.4. The van der Waals surface area contributed by atoms with Gasteiger partial charge >= 0.3 is 0 Å². The van der Waals surface area contributed by atoms with Crippen LogP contribution in [0.15, 0.2) is 24.3 Å². The maximum absolute atomic E-state index is 13.8. The number of methoxy groups -OCH3 is 1. The van der Waals surface area contributed by atoms with Crippen molar-refractivity contribution < 1.29 is 14.3 Å². The summed E-state index contributed by atoms with van der Waals surface area (Å²) in [6.07, 6.45) is 10.3. The quantitative estimate of drug-likeness (QED) is 0.429. The lowest BCUT2D eigenvalue weighted by Gasteiger charge is -2.52. The van der Waals surface area contributed by atoms with Crippen LogP contribution < -0.4 is 10.1 Å². The van der Waals surface area contributed by atoms with Crippen molar-refractivity contribution in [2.24, 2.45) is 5.92 Å². The fraction of sp³-hybridized carbons (Fsp3) is 0.656. The number of carbonyl (C=O) groups excluding carboxylic acids is 2. The van der Waals surface area contributed by atoms with Gasteiger partial charge in [0.25, 0.3) is 0 Å². The standard InChI is InChI=1S/C32H47N5O3.ClH/c1-5-6-18-36-30(38)29(21-25-10-8-7-9-11-25)33-31(39)32(36)16-19-35(20-17-32)22-28-23(2)34-37(24(28)3)26-12-14-27(40-4)15-13-26;/h12-15,25,29H,5-11,16-22H2,1-4H3,(H,33,39);1H/t29-;/m0./s1. The van der Waals surface area contributed by atoms with Gasteiger partial charge in [0.15, 0.2) is 0 Å². The molecule has 2 amide bonds. The van der Waals surface area contributed by atoms with Crippen LogP contribution in [0.2, 0.25) is 0 Å². The summed E-state index contributed by atoms with van der Waals surface area (Å²) in [7, 11) is 1.67. The zero-order valence-corrected chi connectivity index (χ0v) is 26.1. The third-order valence-electron chi connectivity index (χ3n) is 9.66. The second-order valence-corrected chi connectivity index (χ2v) is 12.2. The number of nitrogens with zero attached hydrogens (tertiary/aromatic N) is 4. The predicted molar refractivity (Wildman–Crippen MR) is 164 cm³/mol. The van der Waals surface area contributed by atoms with Crippen LogP contribution in [-0.2, 0) is 16.1 Å². The Balaban J connectivity index is 0.00000387. The van der Waals surface area contributed by atoms with E-state index in [1.165, 1.54) is 37.7 Å². The van der Waals surface area contributed by atoms with Gasteiger partial charge < -0.3 is 15.0 Å². The van der Waals surface area contributed by atoms with Gasteiger partial charge in [-0.15, -0.1) is 12.4 Å². The first-order chi connectivity index (χ1) is 19.4. The summed E-state index contributed by atoms with van der Waals surface area (Å²) in [5.74, 6) is 1.60. The lowest BCUT2D eigenvalue weighted by atomic mass is 9.79. The maximum Gasteiger partial charge on any atom is 0.246 e. The number of hydrogen-bond donors (Lipinski definition) is 1. The Morgan fingerprint density at radius 1 is 1.05 bits per heavy atom. The number of amides is 2. The summed E-state index contributed by atoms with van der Waals surface area (Å²) < 4.78 is 7.31. The highest BCUT2D eigenvalue weighted by atomic mass is 35.5. The highest BCUT2D eigenvalue weighted by Crippen LogP contribution is 2.36. The number of hydrogen-bond acceptors (Lipinski definition) is 5. The van der Waals surface area contributed by atoms with E-state index in [-0.39, 0.29) is 30.3 Å². The lowest BCUT2D eigenvalue weighted by molar-refractivity contribution is -0.162. The van der Waals surface area contributed by atoms with E-state index in [2.05, 4.69) is 31.0 Å². The predicted octanol–water partition coefficient (Wildman–Crippen LogP) is 5.35. The minimum Gasteiger partial charge on any atom is -0.497 e. The van der Waals surface area contributed by atoms with Crippen LogP contribution in [0.5, 0.6) is 5.75 Å². The zero-order chi connectivity index (χ0) is 28.3. The van der Waals surface area contributed by atoms with E-state index in [0.717, 1.165) is 61.7 Å². The summed E-state index contributed by atoms with van der Waals surface area (Å²) >= 11 is 0. The molecule has 1 atom stereocenters. The summed E-state index contributed by atoms with van der Waals surface area (Å²) in [6.45, 7) is 9.37. The van der Waals surface area contributed by atoms with Crippen LogP contribution in [0.25, 0.3) is 5.69 Å². The molecule has 1 aromatic carbocycles. The molecule has 41 heavy (non-hydrogen) atoms. The number of likely N-dealkylation sites (tertiary alicyclic amines) is 1. The molecule has 3 aliphatic rings. The van der Waals surface area contributed by atoms with Crippen molar-refractivity contribution in [1.82, 2.24) is 24.9 Å². The summed E-state index contributed by atoms with van der Waals surface area (Å²) in [5.41, 5.74) is 3.67. The molecule has 5 rings (SSSR count). The van der Waals surface area contributed by atoms with E-state index < -0.39 is 5.54 Å². The Morgan fingerprint density at radius 3 is 2.37 bits per heavy atom. The summed E-state index contributed by atoms with van der Waals surface area (Å²) in [5, 5.41) is 8.06. The van der Waals surface area contributed by atoms with E-state index in [1.54, 1.807) is 7.11 Å². The maximum atomic E-state index is 13.8. The van der Waals surface area contributed by atoms with E-state index in [9.17, 15) is 9.59 Å². The van der Waals surface area contributed by atoms with Gasteiger partial charge in [-0.3, -0.25) is 14.5 Å². The largest absolute Gasteiger partial charge is 0.497 e. The minimum atomic E-state index is -0.719. The molecule has 2 aliphatic heterocycles. The Labute approximate surface area is 251 Å². The third kappa shape index (κ3) is 6.43. The Kier molecular flexibility index (Phi) is 10.4. The number of halogens is 1. The summed E-state index contributed by atoms with van der Waals surface area (Å²) in [4.78, 5) is 32.0. The molecule has 2 aromatic rings. The molecule has 2 saturated heterocycles. The van der Waals surface area contributed by atoms with Gasteiger partial charge in [-0.25, -0.2) is 4.68 Å². The van der Waals surface area contributed by atoms with E-state index in [0.29, 0.717) is 25.3 Å². The number of aryl methyl sites for hydroxylation is 1. The van der Waals surface area contributed by atoms with Crippen LogP contribution in [0.4, 0.5) is 0 Å². The monoisotopic (exact) mass is 585 g/mol. The second kappa shape index (κ2) is 13.6. The van der Waals surface area contributed by atoms with E-state index in [4.69, 9.17) is 9.84 Å². The highest BCUT2D eigenvalue weighted by Gasteiger charge is 2.53. The Morgan fingerprint density at radius 2 is 1.73 bits per heavy atom. The van der Waals surface area contributed by atoms with Crippen molar-refractivity contribution in [2.75, 3.05) is 26.7 Å². The Hall–Kier alpha value is -2.58. The van der Waals surface area contributed by atoms with Crippen LogP contribution in [0.1, 0.15) is 88.1 Å². The number of piperazine rings is 1. The molecular formula is C32H48ClN5O3.